The van der Waals surface area contributed by atoms with Crippen LogP contribution in [0.4, 0.5) is 0 Å². The summed E-state index contributed by atoms with van der Waals surface area (Å²) >= 11 is 0. The van der Waals surface area contributed by atoms with Crippen molar-refractivity contribution in [2.45, 2.75) is 71.6 Å². The minimum atomic E-state index is 0.210. The van der Waals surface area contributed by atoms with Crippen LogP contribution < -0.4 is 0 Å². The molecular formula is C26H32. The third kappa shape index (κ3) is 3.39. The second-order valence-electron chi connectivity index (χ2n) is 9.61. The average molecular weight is 345 g/mol. The largest absolute Gasteiger partial charge is 0.0654 e. The molecule has 0 saturated heterocycles. The molecule has 26 heavy (non-hydrogen) atoms. The summed E-state index contributed by atoms with van der Waals surface area (Å²) in [5.74, 6) is 0. The Morgan fingerprint density at radius 1 is 0.962 bits per heavy atom. The average Bonchev–Trinajstić information content (AvgIpc) is 3.22. The molecule has 4 rings (SSSR count). The van der Waals surface area contributed by atoms with E-state index < -0.39 is 0 Å². The van der Waals surface area contributed by atoms with Gasteiger partial charge in [-0.15, -0.1) is 0 Å². The van der Waals surface area contributed by atoms with Gasteiger partial charge in [-0.05, 0) is 70.8 Å². The highest BCUT2D eigenvalue weighted by molar-refractivity contribution is 5.81. The fraction of sp³-hybridized carbons (Fsp3) is 0.462. The normalized spacial score (nSPS) is 17.8. The van der Waals surface area contributed by atoms with Crippen LogP contribution in [-0.2, 0) is 11.8 Å². The molecule has 0 amide bonds. The van der Waals surface area contributed by atoms with E-state index in [4.69, 9.17) is 0 Å². The lowest BCUT2D eigenvalue weighted by molar-refractivity contribution is 0.454. The SMILES string of the molecule is CCCC1(CC2=Cc3c(cccc3-c3ccc(C(C)(C)C)cc3)C2)CC1. The Hall–Kier alpha value is -1.82. The molecule has 2 aliphatic carbocycles. The molecule has 2 aromatic carbocycles. The van der Waals surface area contributed by atoms with Gasteiger partial charge in [0.15, 0.2) is 0 Å². The van der Waals surface area contributed by atoms with Crippen LogP contribution in [0.15, 0.2) is 48.0 Å². The predicted molar refractivity (Wildman–Crippen MR) is 113 cm³/mol. The number of benzene rings is 2. The molecule has 0 N–H and O–H groups in total. The Bertz CT molecular complexity index is 823. The molecule has 1 fully saturated rings. The molecule has 0 nitrogen and oxygen atoms in total. The number of rotatable bonds is 5. The van der Waals surface area contributed by atoms with Gasteiger partial charge in [-0.2, -0.15) is 0 Å². The molecule has 0 aliphatic heterocycles. The van der Waals surface area contributed by atoms with Crippen LogP contribution in [0, 0.1) is 5.41 Å². The molecular weight excluding hydrogens is 312 g/mol. The maximum Gasteiger partial charge on any atom is -0.00574 e. The van der Waals surface area contributed by atoms with Crippen molar-refractivity contribution < 1.29 is 0 Å². The fourth-order valence-corrected chi connectivity index (χ4v) is 4.66. The molecule has 0 spiro atoms. The first-order valence-electron chi connectivity index (χ1n) is 10.3. The highest BCUT2D eigenvalue weighted by Gasteiger charge is 2.42. The van der Waals surface area contributed by atoms with E-state index >= 15 is 0 Å². The van der Waals surface area contributed by atoms with Gasteiger partial charge >= 0.3 is 0 Å². The number of hydrogen-bond donors (Lipinski definition) is 0. The van der Waals surface area contributed by atoms with Crippen LogP contribution in [0.5, 0.6) is 0 Å². The maximum atomic E-state index is 2.51. The van der Waals surface area contributed by atoms with E-state index in [1.54, 1.807) is 5.57 Å². The first-order valence-corrected chi connectivity index (χ1v) is 10.3. The van der Waals surface area contributed by atoms with Gasteiger partial charge in [0.1, 0.15) is 0 Å². The highest BCUT2D eigenvalue weighted by Crippen LogP contribution is 2.55. The summed E-state index contributed by atoms with van der Waals surface area (Å²) in [6, 6.07) is 16.1. The van der Waals surface area contributed by atoms with Crippen LogP contribution in [-0.4, -0.2) is 0 Å². The second kappa shape index (κ2) is 6.41. The third-order valence-corrected chi connectivity index (χ3v) is 6.36. The molecule has 136 valence electrons. The van der Waals surface area contributed by atoms with Gasteiger partial charge < -0.3 is 0 Å². The Morgan fingerprint density at radius 3 is 2.31 bits per heavy atom. The second-order valence-corrected chi connectivity index (χ2v) is 9.61. The highest BCUT2D eigenvalue weighted by atomic mass is 14.5. The van der Waals surface area contributed by atoms with Crippen molar-refractivity contribution in [1.82, 2.24) is 0 Å². The van der Waals surface area contributed by atoms with E-state index in [0.29, 0.717) is 5.41 Å². The molecule has 0 heteroatoms. The quantitative estimate of drug-likeness (QED) is 0.525. The lowest BCUT2D eigenvalue weighted by atomic mass is 9.86. The lowest BCUT2D eigenvalue weighted by Gasteiger charge is -2.19. The first kappa shape index (κ1) is 17.6. The summed E-state index contributed by atoms with van der Waals surface area (Å²) < 4.78 is 0. The van der Waals surface area contributed by atoms with Crippen LogP contribution in [0.2, 0.25) is 0 Å². The van der Waals surface area contributed by atoms with Gasteiger partial charge in [-0.3, -0.25) is 0 Å². The first-order chi connectivity index (χ1) is 12.4. The zero-order valence-electron chi connectivity index (χ0n) is 16.9. The molecule has 0 atom stereocenters. The van der Waals surface area contributed by atoms with Crippen molar-refractivity contribution in [3.63, 3.8) is 0 Å². The minimum Gasteiger partial charge on any atom is -0.0654 e. The molecule has 1 saturated carbocycles. The van der Waals surface area contributed by atoms with Crippen molar-refractivity contribution in [1.29, 1.82) is 0 Å². The molecule has 0 bridgehead atoms. The zero-order chi connectivity index (χ0) is 18.4. The van der Waals surface area contributed by atoms with Gasteiger partial charge in [0.2, 0.25) is 0 Å². The van der Waals surface area contributed by atoms with Crippen LogP contribution in [0.1, 0.15) is 76.5 Å². The standard InChI is InChI=1S/C26H32/c1-5-13-26(14-15-26)18-19-16-21-7-6-8-23(24(21)17-19)20-9-11-22(12-10-20)25(2,3)4/h6-12,17H,5,13-16,18H2,1-4H3. The number of fused-ring (bicyclic) bond motifs is 1. The topological polar surface area (TPSA) is 0 Å². The van der Waals surface area contributed by atoms with E-state index in [9.17, 15) is 0 Å². The third-order valence-electron chi connectivity index (χ3n) is 6.36. The van der Waals surface area contributed by atoms with Crippen LogP contribution >= 0.6 is 0 Å². The van der Waals surface area contributed by atoms with Crippen LogP contribution in [0.3, 0.4) is 0 Å². The van der Waals surface area contributed by atoms with E-state index in [1.165, 1.54) is 59.9 Å². The van der Waals surface area contributed by atoms with Gasteiger partial charge in [0.05, 0.1) is 0 Å². The molecule has 2 aliphatic rings. The smallest absolute Gasteiger partial charge is 0.00574 e. The molecule has 0 aromatic heterocycles. The van der Waals surface area contributed by atoms with E-state index in [2.05, 4.69) is 76.2 Å². The Morgan fingerprint density at radius 2 is 1.69 bits per heavy atom. The summed E-state index contributed by atoms with van der Waals surface area (Å²) in [5.41, 5.74) is 9.66. The van der Waals surface area contributed by atoms with E-state index in [0.717, 1.165) is 6.42 Å². The van der Waals surface area contributed by atoms with Crippen LogP contribution in [0.25, 0.3) is 17.2 Å². The van der Waals surface area contributed by atoms with Gasteiger partial charge in [-0.1, -0.05) is 88.2 Å². The van der Waals surface area contributed by atoms with E-state index in [-0.39, 0.29) is 5.41 Å². The predicted octanol–water partition coefficient (Wildman–Crippen LogP) is 7.56. The van der Waals surface area contributed by atoms with Crippen molar-refractivity contribution in [3.8, 4) is 11.1 Å². The number of hydrogen-bond acceptors (Lipinski definition) is 0. The molecule has 0 heterocycles. The van der Waals surface area contributed by atoms with E-state index in [1.807, 2.05) is 0 Å². The summed E-state index contributed by atoms with van der Waals surface area (Å²) in [4.78, 5) is 0. The van der Waals surface area contributed by atoms with Crippen molar-refractivity contribution in [2.75, 3.05) is 0 Å². The maximum absolute atomic E-state index is 2.51. The van der Waals surface area contributed by atoms with Crippen molar-refractivity contribution in [3.05, 3.63) is 64.7 Å². The van der Waals surface area contributed by atoms with Gasteiger partial charge in [-0.25, -0.2) is 0 Å². The summed E-state index contributed by atoms with van der Waals surface area (Å²) in [5, 5.41) is 0. The number of allylic oxidation sites excluding steroid dienone is 1. The molecule has 2 aromatic rings. The summed E-state index contributed by atoms with van der Waals surface area (Å²) in [7, 11) is 0. The fourth-order valence-electron chi connectivity index (χ4n) is 4.66. The van der Waals surface area contributed by atoms with Gasteiger partial charge in [0, 0.05) is 0 Å². The molecule has 0 radical (unpaired) electrons. The van der Waals surface area contributed by atoms with Crippen molar-refractivity contribution >= 4 is 6.08 Å². The minimum absolute atomic E-state index is 0.210. The summed E-state index contributed by atoms with van der Waals surface area (Å²) in [6.45, 7) is 9.17. The molecule has 0 unspecified atom stereocenters. The Labute approximate surface area is 159 Å². The Balaban J connectivity index is 1.62. The lowest BCUT2D eigenvalue weighted by Crippen LogP contribution is -2.10. The Kier molecular flexibility index (Phi) is 4.34. The summed E-state index contributed by atoms with van der Waals surface area (Å²) in [6.07, 6.45) is 10.6. The zero-order valence-corrected chi connectivity index (χ0v) is 16.9. The monoisotopic (exact) mass is 344 g/mol. The van der Waals surface area contributed by atoms with Crippen molar-refractivity contribution in [2.24, 2.45) is 5.41 Å². The van der Waals surface area contributed by atoms with Gasteiger partial charge in [0.25, 0.3) is 0 Å².